The van der Waals surface area contributed by atoms with Gasteiger partial charge < -0.3 is 19.9 Å². The van der Waals surface area contributed by atoms with Crippen LogP contribution in [-0.2, 0) is 16.1 Å². The Balaban J connectivity index is 1.87. The first-order valence-electron chi connectivity index (χ1n) is 9.08. The van der Waals surface area contributed by atoms with Gasteiger partial charge in [0.15, 0.2) is 11.6 Å². The largest absolute Gasteiger partial charge is 0.378 e. The summed E-state index contributed by atoms with van der Waals surface area (Å²) in [5.41, 5.74) is 2.49. The zero-order valence-electron chi connectivity index (χ0n) is 15.6. The lowest BCUT2D eigenvalue weighted by atomic mass is 10.1. The monoisotopic (exact) mass is 395 g/mol. The number of aromatic nitrogens is 2. The summed E-state index contributed by atoms with van der Waals surface area (Å²) in [7, 11) is 1.76. The van der Waals surface area contributed by atoms with E-state index >= 15 is 0 Å². The van der Waals surface area contributed by atoms with Crippen molar-refractivity contribution < 1.29 is 9.53 Å². The SMILES string of the molecule is CN(C=O)Cc1cc2nc(-c3ccccc3C=N)nc(N3CCOCC3)c2s1. The molecular weight excluding hydrogens is 374 g/mol. The van der Waals surface area contributed by atoms with E-state index in [2.05, 4.69) is 4.90 Å². The molecule has 1 fully saturated rings. The molecule has 0 bridgehead atoms. The maximum Gasteiger partial charge on any atom is 0.209 e. The summed E-state index contributed by atoms with van der Waals surface area (Å²) in [5.74, 6) is 1.51. The molecule has 0 atom stereocenters. The lowest BCUT2D eigenvalue weighted by molar-refractivity contribution is -0.117. The molecule has 1 aromatic carbocycles. The fraction of sp³-hybridized carbons (Fsp3) is 0.300. The number of morpholine rings is 1. The first-order chi connectivity index (χ1) is 13.7. The maximum absolute atomic E-state index is 11.0. The molecule has 144 valence electrons. The van der Waals surface area contributed by atoms with Gasteiger partial charge in [-0.15, -0.1) is 11.3 Å². The quantitative estimate of drug-likeness (QED) is 0.513. The second kappa shape index (κ2) is 8.04. The lowest BCUT2D eigenvalue weighted by Crippen LogP contribution is -2.36. The molecule has 0 saturated carbocycles. The number of carbonyl (C=O) groups excluding carboxylic acids is 1. The van der Waals surface area contributed by atoms with Gasteiger partial charge in [0, 0.05) is 42.4 Å². The third-order valence-corrected chi connectivity index (χ3v) is 5.76. The molecule has 1 N–H and O–H groups in total. The molecule has 2 aromatic heterocycles. The molecule has 1 aliphatic heterocycles. The van der Waals surface area contributed by atoms with E-state index in [1.165, 1.54) is 6.21 Å². The number of rotatable bonds is 6. The molecule has 3 heterocycles. The van der Waals surface area contributed by atoms with Gasteiger partial charge in [-0.25, -0.2) is 9.97 Å². The molecule has 7 nitrogen and oxygen atoms in total. The predicted molar refractivity (Wildman–Crippen MR) is 111 cm³/mol. The number of nitrogens with zero attached hydrogens (tertiary/aromatic N) is 4. The summed E-state index contributed by atoms with van der Waals surface area (Å²) in [4.78, 5) is 25.6. The maximum atomic E-state index is 11.0. The standard InChI is InChI=1S/C20H21N5O2S/c1-24(13-26)12-15-10-17-18(28-15)20(25-6-8-27-9-7-25)23-19(22-17)16-5-3-2-4-14(16)11-21/h2-5,10-11,13,21H,6-9,12H2,1H3. The van der Waals surface area contributed by atoms with Crippen molar-refractivity contribution in [1.29, 1.82) is 5.41 Å². The van der Waals surface area contributed by atoms with E-state index in [9.17, 15) is 4.79 Å². The average Bonchev–Trinajstić information content (AvgIpc) is 3.15. The first-order valence-corrected chi connectivity index (χ1v) is 9.90. The molecule has 0 radical (unpaired) electrons. The summed E-state index contributed by atoms with van der Waals surface area (Å²) in [6.45, 7) is 3.44. The van der Waals surface area contributed by atoms with Crippen molar-refractivity contribution in [3.63, 3.8) is 0 Å². The van der Waals surface area contributed by atoms with Crippen molar-refractivity contribution in [2.75, 3.05) is 38.3 Å². The second-order valence-electron chi connectivity index (χ2n) is 6.65. The number of thiophene rings is 1. The number of ether oxygens (including phenoxy) is 1. The van der Waals surface area contributed by atoms with E-state index in [4.69, 9.17) is 20.1 Å². The Morgan fingerprint density at radius 3 is 2.82 bits per heavy atom. The Morgan fingerprint density at radius 2 is 2.07 bits per heavy atom. The first kappa shape index (κ1) is 18.5. The molecule has 28 heavy (non-hydrogen) atoms. The Morgan fingerprint density at radius 1 is 1.29 bits per heavy atom. The molecule has 3 aromatic rings. The van der Waals surface area contributed by atoms with E-state index in [1.807, 2.05) is 30.3 Å². The van der Waals surface area contributed by atoms with E-state index in [-0.39, 0.29) is 0 Å². The second-order valence-corrected chi connectivity index (χ2v) is 7.79. The van der Waals surface area contributed by atoms with Crippen molar-refractivity contribution in [2.24, 2.45) is 0 Å². The Kier molecular flexibility index (Phi) is 5.31. The van der Waals surface area contributed by atoms with Crippen molar-refractivity contribution in [1.82, 2.24) is 14.9 Å². The van der Waals surface area contributed by atoms with Gasteiger partial charge in [-0.3, -0.25) is 4.79 Å². The van der Waals surface area contributed by atoms with Crippen LogP contribution < -0.4 is 4.90 Å². The van der Waals surface area contributed by atoms with Gasteiger partial charge in [0.05, 0.1) is 30.0 Å². The molecule has 0 spiro atoms. The van der Waals surface area contributed by atoms with Crippen LogP contribution in [-0.4, -0.2) is 60.8 Å². The molecule has 1 aliphatic rings. The van der Waals surface area contributed by atoms with Crippen molar-refractivity contribution in [2.45, 2.75) is 6.54 Å². The molecule has 1 amide bonds. The summed E-state index contributed by atoms with van der Waals surface area (Å²) in [5, 5.41) is 7.70. The van der Waals surface area contributed by atoms with Crippen LogP contribution in [0.3, 0.4) is 0 Å². The minimum absolute atomic E-state index is 0.541. The number of fused-ring (bicyclic) bond motifs is 1. The lowest BCUT2D eigenvalue weighted by Gasteiger charge is -2.28. The van der Waals surface area contributed by atoms with Gasteiger partial charge in [-0.1, -0.05) is 24.3 Å². The Hall–Kier alpha value is -2.84. The minimum atomic E-state index is 0.541. The van der Waals surface area contributed by atoms with E-state index in [1.54, 1.807) is 23.3 Å². The van der Waals surface area contributed by atoms with Crippen LogP contribution in [0.1, 0.15) is 10.4 Å². The van der Waals surface area contributed by atoms with Crippen LogP contribution in [0.5, 0.6) is 0 Å². The molecule has 1 saturated heterocycles. The van der Waals surface area contributed by atoms with Gasteiger partial charge in [0.25, 0.3) is 0 Å². The molecule has 0 unspecified atom stereocenters. The van der Waals surface area contributed by atoms with Gasteiger partial charge >= 0.3 is 0 Å². The Labute approximate surface area is 167 Å². The van der Waals surface area contributed by atoms with Crippen LogP contribution >= 0.6 is 11.3 Å². The van der Waals surface area contributed by atoms with Gasteiger partial charge in [0.2, 0.25) is 6.41 Å². The molecule has 8 heteroatoms. The van der Waals surface area contributed by atoms with Crippen LogP contribution in [0.15, 0.2) is 30.3 Å². The number of nitrogens with one attached hydrogen (secondary N) is 1. The third-order valence-electron chi connectivity index (χ3n) is 4.66. The fourth-order valence-electron chi connectivity index (χ4n) is 3.26. The van der Waals surface area contributed by atoms with E-state index in [0.717, 1.165) is 51.5 Å². The zero-order chi connectivity index (χ0) is 19.5. The number of hydrogen-bond donors (Lipinski definition) is 1. The summed E-state index contributed by atoms with van der Waals surface area (Å²) >= 11 is 1.62. The number of anilines is 1. The summed E-state index contributed by atoms with van der Waals surface area (Å²) < 4.78 is 6.52. The van der Waals surface area contributed by atoms with Crippen molar-refractivity contribution in [3.05, 3.63) is 40.8 Å². The molecular formula is C20H21N5O2S. The topological polar surface area (TPSA) is 82.4 Å². The number of hydrogen-bond acceptors (Lipinski definition) is 7. The van der Waals surface area contributed by atoms with Crippen molar-refractivity contribution in [3.8, 4) is 11.4 Å². The number of carbonyl (C=O) groups is 1. The average molecular weight is 395 g/mol. The smallest absolute Gasteiger partial charge is 0.209 e. The number of amides is 1. The highest BCUT2D eigenvalue weighted by Gasteiger charge is 2.21. The highest BCUT2D eigenvalue weighted by atomic mass is 32.1. The van der Waals surface area contributed by atoms with Gasteiger partial charge in [0.1, 0.15) is 0 Å². The minimum Gasteiger partial charge on any atom is -0.378 e. The third kappa shape index (κ3) is 3.61. The number of benzene rings is 1. The van der Waals surface area contributed by atoms with Gasteiger partial charge in [-0.2, -0.15) is 0 Å². The summed E-state index contributed by atoms with van der Waals surface area (Å²) in [6.07, 6.45) is 2.15. The van der Waals surface area contributed by atoms with Crippen molar-refractivity contribution >= 4 is 40.0 Å². The van der Waals surface area contributed by atoms with E-state index < -0.39 is 0 Å². The fourth-order valence-corrected chi connectivity index (χ4v) is 4.44. The van der Waals surface area contributed by atoms with Crippen LogP contribution in [0.25, 0.3) is 21.6 Å². The molecule has 4 rings (SSSR count). The predicted octanol–water partition coefficient (Wildman–Crippen LogP) is 2.78. The highest BCUT2D eigenvalue weighted by molar-refractivity contribution is 7.19. The zero-order valence-corrected chi connectivity index (χ0v) is 16.4. The van der Waals surface area contributed by atoms with E-state index in [0.29, 0.717) is 25.6 Å². The van der Waals surface area contributed by atoms with Crippen LogP contribution in [0.2, 0.25) is 0 Å². The van der Waals surface area contributed by atoms with Crippen LogP contribution in [0.4, 0.5) is 5.82 Å². The Bertz CT molecular complexity index is 1010. The highest BCUT2D eigenvalue weighted by Crippen LogP contribution is 2.35. The molecule has 0 aliphatic carbocycles. The normalized spacial score (nSPS) is 14.2. The van der Waals surface area contributed by atoms with Crippen LogP contribution in [0, 0.1) is 5.41 Å². The summed E-state index contributed by atoms with van der Waals surface area (Å²) in [6, 6.07) is 9.70. The van der Waals surface area contributed by atoms with Gasteiger partial charge in [-0.05, 0) is 6.07 Å².